The molecule has 19 heavy (non-hydrogen) atoms. The van der Waals surface area contributed by atoms with Crippen LogP contribution in [0.15, 0.2) is 36.0 Å². The number of aryl methyl sites for hydroxylation is 1. The second kappa shape index (κ2) is 6.89. The lowest BCUT2D eigenvalue weighted by atomic mass is 10.2. The highest BCUT2D eigenvalue weighted by atomic mass is 32.1. The molecule has 5 heteroatoms. The lowest BCUT2D eigenvalue weighted by Gasteiger charge is -2.09. The number of amides is 1. The normalized spacial score (nSPS) is 10.2. The van der Waals surface area contributed by atoms with E-state index in [0.29, 0.717) is 19.5 Å². The van der Waals surface area contributed by atoms with Crippen molar-refractivity contribution in [2.24, 2.45) is 0 Å². The van der Waals surface area contributed by atoms with Gasteiger partial charge in [0.15, 0.2) is 0 Å². The van der Waals surface area contributed by atoms with Crippen LogP contribution in [0.3, 0.4) is 0 Å². The number of nitrogens with zero attached hydrogens (tertiary/aromatic N) is 1. The molecule has 0 aliphatic heterocycles. The summed E-state index contributed by atoms with van der Waals surface area (Å²) < 4.78 is 0. The molecule has 0 aliphatic rings. The molecule has 2 aromatic heterocycles. The van der Waals surface area contributed by atoms with Gasteiger partial charge < -0.3 is 10.6 Å². The lowest BCUT2D eigenvalue weighted by molar-refractivity contribution is -0.120. The van der Waals surface area contributed by atoms with Gasteiger partial charge in [-0.1, -0.05) is 6.07 Å². The molecule has 100 valence electrons. The van der Waals surface area contributed by atoms with E-state index < -0.39 is 0 Å². The molecule has 2 aromatic rings. The molecule has 0 aliphatic carbocycles. The molecule has 2 heterocycles. The minimum Gasteiger partial charge on any atom is -0.383 e. The van der Waals surface area contributed by atoms with Crippen LogP contribution in [0.4, 0.5) is 5.69 Å². The molecule has 0 saturated heterocycles. The summed E-state index contributed by atoms with van der Waals surface area (Å²) in [4.78, 5) is 16.8. The summed E-state index contributed by atoms with van der Waals surface area (Å²) in [5, 5.41) is 8.16. The van der Waals surface area contributed by atoms with Crippen LogP contribution in [0.1, 0.15) is 10.4 Å². The first-order valence-corrected chi connectivity index (χ1v) is 7.07. The quantitative estimate of drug-likeness (QED) is 0.795. The maximum absolute atomic E-state index is 11.6. The number of aromatic nitrogens is 1. The smallest absolute Gasteiger partial charge is 0.225 e. The highest BCUT2D eigenvalue weighted by molar-refractivity contribution is 7.10. The van der Waals surface area contributed by atoms with E-state index in [1.54, 1.807) is 17.5 Å². The maximum Gasteiger partial charge on any atom is 0.225 e. The molecule has 4 nitrogen and oxygen atoms in total. The van der Waals surface area contributed by atoms with Gasteiger partial charge in [-0.25, -0.2) is 0 Å². The van der Waals surface area contributed by atoms with Crippen LogP contribution in [0.5, 0.6) is 0 Å². The number of anilines is 1. The van der Waals surface area contributed by atoms with E-state index in [0.717, 1.165) is 16.1 Å². The zero-order valence-corrected chi connectivity index (χ0v) is 11.7. The molecule has 0 fully saturated rings. The van der Waals surface area contributed by atoms with Crippen molar-refractivity contribution in [3.05, 3.63) is 46.4 Å². The van der Waals surface area contributed by atoms with E-state index in [9.17, 15) is 4.79 Å². The van der Waals surface area contributed by atoms with Gasteiger partial charge in [-0.2, -0.15) is 0 Å². The molecule has 0 atom stereocenters. The summed E-state index contributed by atoms with van der Waals surface area (Å²) in [6.45, 7) is 3.33. The molecule has 2 rings (SSSR count). The number of pyridine rings is 1. The third-order valence-corrected chi connectivity index (χ3v) is 3.57. The van der Waals surface area contributed by atoms with E-state index in [2.05, 4.69) is 15.6 Å². The van der Waals surface area contributed by atoms with Gasteiger partial charge >= 0.3 is 0 Å². The third-order valence-electron chi connectivity index (χ3n) is 2.70. The Morgan fingerprint density at radius 3 is 3.00 bits per heavy atom. The fourth-order valence-corrected chi connectivity index (χ4v) is 2.41. The Labute approximate surface area is 116 Å². The zero-order valence-electron chi connectivity index (χ0n) is 10.8. The summed E-state index contributed by atoms with van der Waals surface area (Å²) in [6, 6.07) is 5.87. The van der Waals surface area contributed by atoms with Gasteiger partial charge in [-0.05, 0) is 30.0 Å². The molecule has 0 spiro atoms. The first-order valence-electron chi connectivity index (χ1n) is 6.19. The van der Waals surface area contributed by atoms with Gasteiger partial charge in [0.05, 0.1) is 6.42 Å². The standard InChI is InChI=1S/C14H17N3OS/c1-11-10-15-5-4-13(11)16-6-7-17-14(18)9-12-3-2-8-19-12/h2-5,8,10H,6-7,9H2,1H3,(H,15,16)(H,17,18). The fourth-order valence-electron chi connectivity index (χ4n) is 1.70. The molecule has 2 N–H and O–H groups in total. The van der Waals surface area contributed by atoms with Gasteiger partial charge in [0.1, 0.15) is 0 Å². The predicted octanol–water partition coefficient (Wildman–Crippen LogP) is 2.22. The number of hydrogen-bond acceptors (Lipinski definition) is 4. The van der Waals surface area contributed by atoms with Crippen LogP contribution < -0.4 is 10.6 Å². The highest BCUT2D eigenvalue weighted by Gasteiger charge is 2.03. The third kappa shape index (κ3) is 4.37. The van der Waals surface area contributed by atoms with Crippen molar-refractivity contribution >= 4 is 22.9 Å². The summed E-state index contributed by atoms with van der Waals surface area (Å²) >= 11 is 1.61. The minimum atomic E-state index is 0.0655. The summed E-state index contributed by atoms with van der Waals surface area (Å²) in [5.41, 5.74) is 2.16. The van der Waals surface area contributed by atoms with Crippen molar-refractivity contribution in [2.45, 2.75) is 13.3 Å². The Kier molecular flexibility index (Phi) is 4.92. The molecular weight excluding hydrogens is 258 g/mol. The molecular formula is C14H17N3OS. The lowest BCUT2D eigenvalue weighted by Crippen LogP contribution is -2.29. The molecule has 0 aromatic carbocycles. The Morgan fingerprint density at radius 2 is 2.26 bits per heavy atom. The summed E-state index contributed by atoms with van der Waals surface area (Å²) in [6.07, 6.45) is 4.04. The number of nitrogens with one attached hydrogen (secondary N) is 2. The predicted molar refractivity (Wildman–Crippen MR) is 78.5 cm³/mol. The van der Waals surface area contributed by atoms with Gasteiger partial charge in [-0.15, -0.1) is 11.3 Å². The van der Waals surface area contributed by atoms with Crippen LogP contribution in [-0.2, 0) is 11.2 Å². The maximum atomic E-state index is 11.6. The van der Waals surface area contributed by atoms with E-state index >= 15 is 0 Å². The second-order valence-corrected chi connectivity index (χ2v) is 5.26. The van der Waals surface area contributed by atoms with Gasteiger partial charge in [0, 0.05) is 36.0 Å². The second-order valence-electron chi connectivity index (χ2n) is 4.22. The van der Waals surface area contributed by atoms with Gasteiger partial charge in [0.2, 0.25) is 5.91 Å². The van der Waals surface area contributed by atoms with Crippen LogP contribution in [0, 0.1) is 6.92 Å². The van der Waals surface area contributed by atoms with Crippen molar-refractivity contribution in [3.8, 4) is 0 Å². The summed E-state index contributed by atoms with van der Waals surface area (Å²) in [5.74, 6) is 0.0655. The van der Waals surface area contributed by atoms with Crippen molar-refractivity contribution in [1.29, 1.82) is 0 Å². The molecule has 0 bridgehead atoms. The first kappa shape index (κ1) is 13.5. The first-order chi connectivity index (χ1) is 9.25. The number of carbonyl (C=O) groups excluding carboxylic acids is 1. The van der Waals surface area contributed by atoms with Crippen molar-refractivity contribution in [3.63, 3.8) is 0 Å². The fraction of sp³-hybridized carbons (Fsp3) is 0.286. The van der Waals surface area contributed by atoms with Crippen molar-refractivity contribution < 1.29 is 4.79 Å². The number of carbonyl (C=O) groups is 1. The average Bonchev–Trinajstić information content (AvgIpc) is 2.89. The van der Waals surface area contributed by atoms with Crippen LogP contribution >= 0.6 is 11.3 Å². The molecule has 0 unspecified atom stereocenters. The molecule has 0 radical (unpaired) electrons. The largest absolute Gasteiger partial charge is 0.383 e. The Morgan fingerprint density at radius 1 is 1.37 bits per heavy atom. The summed E-state index contributed by atoms with van der Waals surface area (Å²) in [7, 11) is 0. The van der Waals surface area contributed by atoms with E-state index in [-0.39, 0.29) is 5.91 Å². The van der Waals surface area contributed by atoms with Crippen LogP contribution in [0.25, 0.3) is 0 Å². The zero-order chi connectivity index (χ0) is 13.5. The number of hydrogen-bond donors (Lipinski definition) is 2. The molecule has 1 amide bonds. The monoisotopic (exact) mass is 275 g/mol. The van der Waals surface area contributed by atoms with E-state index in [1.807, 2.05) is 36.7 Å². The van der Waals surface area contributed by atoms with Gasteiger partial charge in [0.25, 0.3) is 0 Å². The Bertz CT molecular complexity index is 525. The topological polar surface area (TPSA) is 54.0 Å². The number of rotatable bonds is 6. The average molecular weight is 275 g/mol. The van der Waals surface area contributed by atoms with E-state index in [4.69, 9.17) is 0 Å². The van der Waals surface area contributed by atoms with Crippen molar-refractivity contribution in [1.82, 2.24) is 10.3 Å². The minimum absolute atomic E-state index is 0.0655. The van der Waals surface area contributed by atoms with Crippen LogP contribution in [-0.4, -0.2) is 24.0 Å². The van der Waals surface area contributed by atoms with E-state index in [1.165, 1.54) is 0 Å². The van der Waals surface area contributed by atoms with Crippen molar-refractivity contribution in [2.75, 3.05) is 18.4 Å². The van der Waals surface area contributed by atoms with Crippen LogP contribution in [0.2, 0.25) is 0 Å². The number of thiophene rings is 1. The molecule has 0 saturated carbocycles. The Hall–Kier alpha value is -1.88. The van der Waals surface area contributed by atoms with Gasteiger partial charge in [-0.3, -0.25) is 9.78 Å². The highest BCUT2D eigenvalue weighted by Crippen LogP contribution is 2.10. The Balaban J connectivity index is 1.67. The SMILES string of the molecule is Cc1cnccc1NCCNC(=O)Cc1cccs1.